The number of hydrogen-bond donors (Lipinski definition) is 0. The van der Waals surface area contributed by atoms with Crippen molar-refractivity contribution in [2.24, 2.45) is 0 Å². The zero-order chi connectivity index (χ0) is 0. The van der Waals surface area contributed by atoms with Gasteiger partial charge in [-0.15, -0.1) is 0 Å². The molecular formula is H6AsCuSbZn. The summed E-state index contributed by atoms with van der Waals surface area (Å²) in [6, 6.07) is 0. The van der Waals surface area contributed by atoms with Crippen molar-refractivity contribution >= 4 is 42.4 Å². The quantitative estimate of drug-likeness (QED) is 0.435. The Morgan fingerprint density at radius 2 is 1.00 bits per heavy atom. The Hall–Kier alpha value is 2.52. The first kappa shape index (κ1) is 31.3. The monoisotopic (exact) mass is 329 g/mol. The Labute approximate surface area is 77.9 Å². The summed E-state index contributed by atoms with van der Waals surface area (Å²) in [5.74, 6) is 0. The predicted molar refractivity (Wildman–Crippen MR) is 19.9 cm³/mol. The van der Waals surface area contributed by atoms with Gasteiger partial charge in [-0.3, -0.25) is 0 Å². The second-order valence-electron chi connectivity index (χ2n) is 0. The van der Waals surface area contributed by atoms with Gasteiger partial charge in [-0.25, -0.2) is 0 Å². The molecule has 0 N–H and O–H groups in total. The molecule has 0 heterocycles. The topological polar surface area (TPSA) is 0 Å². The van der Waals surface area contributed by atoms with Gasteiger partial charge < -0.3 is 0 Å². The molecule has 4 heteroatoms. The van der Waals surface area contributed by atoms with Crippen LogP contribution in [0.5, 0.6) is 0 Å². The molecule has 0 aromatic heterocycles. The molecule has 0 fully saturated rings. The van der Waals surface area contributed by atoms with Crippen molar-refractivity contribution in [1.82, 2.24) is 0 Å². The van der Waals surface area contributed by atoms with Crippen molar-refractivity contribution in [2.75, 3.05) is 0 Å². The molecular weight excluding hydrogens is 326 g/mol. The normalized spacial score (nSPS) is 0. The molecule has 1 atom stereocenters. The average Bonchev–Trinajstić information content (AvgIpc) is 0. The van der Waals surface area contributed by atoms with Gasteiger partial charge in [-0.1, -0.05) is 0 Å². The maximum atomic E-state index is 0. The molecule has 0 rings (SSSR count). The van der Waals surface area contributed by atoms with E-state index in [1.165, 1.54) is 0 Å². The summed E-state index contributed by atoms with van der Waals surface area (Å²) >= 11 is 0. The Kier molecular flexibility index (Phi) is 139. The maximum Gasteiger partial charge on any atom is 0 e. The van der Waals surface area contributed by atoms with E-state index in [4.69, 9.17) is 0 Å². The molecule has 29 valence electrons. The van der Waals surface area contributed by atoms with Crippen LogP contribution in [0, 0.1) is 0 Å². The van der Waals surface area contributed by atoms with E-state index in [-0.39, 0.29) is 78.9 Å². The molecule has 0 bridgehead atoms. The zero-order valence-corrected chi connectivity index (χ0v) is 13.3. The van der Waals surface area contributed by atoms with E-state index >= 15 is 0 Å². The first-order valence-electron chi connectivity index (χ1n) is 0. The summed E-state index contributed by atoms with van der Waals surface area (Å²) in [7, 11) is 0. The van der Waals surface area contributed by atoms with E-state index in [1.54, 1.807) is 0 Å². The van der Waals surface area contributed by atoms with Gasteiger partial charge in [-0.2, -0.15) is 0 Å². The minimum absolute atomic E-state index is 0. The number of hydrogen-bond acceptors (Lipinski definition) is 0. The van der Waals surface area contributed by atoms with Crippen LogP contribution in [0.3, 0.4) is 0 Å². The third-order valence-electron chi connectivity index (χ3n) is 0. The fourth-order valence-electron chi connectivity index (χ4n) is 0. The predicted octanol–water partition coefficient (Wildman–Crippen LogP) is -2.37. The van der Waals surface area contributed by atoms with Crippen LogP contribution in [0.15, 0.2) is 0 Å². The van der Waals surface area contributed by atoms with E-state index < -0.39 is 0 Å². The SMILES string of the molecule is [AsH3].[Cu].[SbH3].[Zn]. The summed E-state index contributed by atoms with van der Waals surface area (Å²) in [6.07, 6.45) is 0. The van der Waals surface area contributed by atoms with Crippen LogP contribution >= 0.6 is 0 Å². The van der Waals surface area contributed by atoms with E-state index in [1.807, 2.05) is 0 Å². The largest absolute Gasteiger partial charge is 0 e. The van der Waals surface area contributed by atoms with Crippen molar-refractivity contribution in [3.8, 4) is 0 Å². The first-order valence-corrected chi connectivity index (χ1v) is 0. The van der Waals surface area contributed by atoms with E-state index in [9.17, 15) is 0 Å². The van der Waals surface area contributed by atoms with Gasteiger partial charge in [0.2, 0.25) is 0 Å². The molecule has 0 aliphatic rings. The van der Waals surface area contributed by atoms with Crippen LogP contribution in [0.4, 0.5) is 0 Å². The molecule has 0 aliphatic carbocycles. The van der Waals surface area contributed by atoms with Crippen LogP contribution in [0.1, 0.15) is 0 Å². The van der Waals surface area contributed by atoms with Gasteiger partial charge >= 0.3 is 42.4 Å². The number of rotatable bonds is 0. The van der Waals surface area contributed by atoms with Gasteiger partial charge in [0.1, 0.15) is 0 Å². The maximum absolute atomic E-state index is 0. The average molecular weight is 332 g/mol. The third kappa shape index (κ3) is 8.82. The third-order valence-corrected chi connectivity index (χ3v) is 0. The Balaban J connectivity index is 0. The molecule has 0 nitrogen and oxygen atoms in total. The Morgan fingerprint density at radius 1 is 1.00 bits per heavy atom. The van der Waals surface area contributed by atoms with Gasteiger partial charge in [0.15, 0.2) is 0 Å². The summed E-state index contributed by atoms with van der Waals surface area (Å²) in [6.45, 7) is 0. The molecule has 0 aromatic carbocycles. The molecule has 0 saturated heterocycles. The molecule has 0 saturated carbocycles. The molecule has 0 spiro atoms. The summed E-state index contributed by atoms with van der Waals surface area (Å²) in [5, 5.41) is 0. The second-order valence-corrected chi connectivity index (χ2v) is 0. The van der Waals surface area contributed by atoms with Crippen molar-refractivity contribution in [3.63, 3.8) is 0 Å². The van der Waals surface area contributed by atoms with Gasteiger partial charge in [0.05, 0.1) is 0 Å². The molecule has 0 amide bonds. The second kappa shape index (κ2) is 17.8. The molecule has 4 heavy (non-hydrogen) atoms. The Morgan fingerprint density at radius 3 is 1.00 bits per heavy atom. The molecule has 0 aliphatic heterocycles. The van der Waals surface area contributed by atoms with E-state index in [0.29, 0.717) is 0 Å². The summed E-state index contributed by atoms with van der Waals surface area (Å²) in [5.41, 5.74) is 0. The fraction of sp³-hybridized carbons (Fsp3) is 0. The van der Waals surface area contributed by atoms with Crippen LogP contribution < -0.4 is 0 Å². The van der Waals surface area contributed by atoms with Gasteiger partial charge in [-0.05, 0) is 0 Å². The van der Waals surface area contributed by atoms with Crippen molar-refractivity contribution in [3.05, 3.63) is 0 Å². The van der Waals surface area contributed by atoms with E-state index in [0.717, 1.165) is 0 Å². The fourth-order valence-corrected chi connectivity index (χ4v) is 0. The van der Waals surface area contributed by atoms with Crippen molar-refractivity contribution in [1.29, 1.82) is 0 Å². The standard InChI is InChI=1S/AsH3.Cu.Sb.Zn.3H/h1H3;;;;;;. The molecule has 0 aromatic rings. The van der Waals surface area contributed by atoms with Crippen molar-refractivity contribution < 1.29 is 36.5 Å². The minimum Gasteiger partial charge on any atom is 0 e. The van der Waals surface area contributed by atoms with E-state index in [2.05, 4.69) is 0 Å². The Bertz CT molecular complexity index is 8.00. The van der Waals surface area contributed by atoms with Crippen LogP contribution in [-0.2, 0) is 36.5 Å². The van der Waals surface area contributed by atoms with Crippen LogP contribution in [0.2, 0.25) is 0 Å². The summed E-state index contributed by atoms with van der Waals surface area (Å²) < 4.78 is 0. The minimum atomic E-state index is 0. The molecule has 1 unspecified atom stereocenters. The van der Waals surface area contributed by atoms with Crippen molar-refractivity contribution in [2.45, 2.75) is 0 Å². The molecule has 1 radical (unpaired) electrons. The zero-order valence-electron chi connectivity index (χ0n) is 2.42. The first-order chi connectivity index (χ1) is 0. The van der Waals surface area contributed by atoms with Crippen LogP contribution in [0.25, 0.3) is 0 Å². The smallest absolute Gasteiger partial charge is 0 e. The summed E-state index contributed by atoms with van der Waals surface area (Å²) in [4.78, 5) is 0. The van der Waals surface area contributed by atoms with Gasteiger partial charge in [0.25, 0.3) is 0 Å². The van der Waals surface area contributed by atoms with Gasteiger partial charge in [0, 0.05) is 36.5 Å². The van der Waals surface area contributed by atoms with Crippen LogP contribution in [-0.4, -0.2) is 42.4 Å².